The summed E-state index contributed by atoms with van der Waals surface area (Å²) in [5, 5.41) is 3.27. The molecular weight excluding hydrogens is 432 g/mol. The molecule has 1 N–H and O–H groups in total. The molecule has 4 nitrogen and oxygen atoms in total. The zero-order valence-corrected chi connectivity index (χ0v) is 20.7. The van der Waals surface area contributed by atoms with E-state index in [1.807, 2.05) is 60.7 Å². The number of carbonyl (C=O) groups excluding carboxylic acids is 2. The highest BCUT2D eigenvalue weighted by Gasteiger charge is 2.31. The molecule has 0 radical (unpaired) electrons. The van der Waals surface area contributed by atoms with Gasteiger partial charge in [-0.3, -0.25) is 9.59 Å². The molecule has 3 aromatic carbocycles. The molecule has 3 aromatic rings. The smallest absolute Gasteiger partial charge is 0.243 e. The van der Waals surface area contributed by atoms with Crippen LogP contribution in [0.3, 0.4) is 0 Å². The highest BCUT2D eigenvalue weighted by molar-refractivity contribution is 5.88. The molecule has 1 aliphatic rings. The van der Waals surface area contributed by atoms with Crippen molar-refractivity contribution < 1.29 is 9.59 Å². The van der Waals surface area contributed by atoms with E-state index < -0.39 is 6.04 Å². The molecule has 1 fully saturated rings. The Morgan fingerprint density at radius 2 is 1.43 bits per heavy atom. The molecule has 0 bridgehead atoms. The second-order valence-electron chi connectivity index (χ2n) is 9.69. The van der Waals surface area contributed by atoms with Crippen LogP contribution >= 0.6 is 0 Å². The first-order chi connectivity index (χ1) is 17.1. The van der Waals surface area contributed by atoms with Gasteiger partial charge in [-0.05, 0) is 42.9 Å². The molecule has 0 heterocycles. The zero-order chi connectivity index (χ0) is 24.5. The SMILES string of the molecule is Cc1ccc(CCC(=O)N(Cc2ccccc2)C(Cc2ccccc2)C(=O)NC2CCCC2)cc1. The summed E-state index contributed by atoms with van der Waals surface area (Å²) in [6.45, 7) is 2.48. The largest absolute Gasteiger partial charge is 0.352 e. The van der Waals surface area contributed by atoms with Crippen LogP contribution in [0.25, 0.3) is 0 Å². The highest BCUT2D eigenvalue weighted by Crippen LogP contribution is 2.21. The first-order valence-electron chi connectivity index (χ1n) is 12.8. The maximum absolute atomic E-state index is 13.7. The standard InChI is InChI=1S/C31H36N2O2/c1-24-16-18-25(19-17-24)20-21-30(34)33(23-27-12-6-3-7-13-27)29(22-26-10-4-2-5-11-26)31(35)32-28-14-8-9-15-28/h2-7,10-13,16-19,28-29H,8-9,14-15,20-23H2,1H3,(H,32,35). The zero-order valence-electron chi connectivity index (χ0n) is 20.7. The molecule has 0 aliphatic heterocycles. The van der Waals surface area contributed by atoms with Crippen molar-refractivity contribution in [1.82, 2.24) is 10.2 Å². The summed E-state index contributed by atoms with van der Waals surface area (Å²) in [6, 6.07) is 28.0. The lowest BCUT2D eigenvalue weighted by Crippen LogP contribution is -2.52. The van der Waals surface area contributed by atoms with Gasteiger partial charge in [-0.25, -0.2) is 0 Å². The number of amides is 2. The Balaban J connectivity index is 1.58. The van der Waals surface area contributed by atoms with E-state index in [1.165, 1.54) is 5.56 Å². The molecular formula is C31H36N2O2. The molecule has 1 aliphatic carbocycles. The lowest BCUT2D eigenvalue weighted by Gasteiger charge is -2.32. The monoisotopic (exact) mass is 468 g/mol. The van der Waals surface area contributed by atoms with E-state index in [-0.39, 0.29) is 17.9 Å². The van der Waals surface area contributed by atoms with Gasteiger partial charge in [0.2, 0.25) is 11.8 Å². The van der Waals surface area contributed by atoms with Crippen molar-refractivity contribution in [2.75, 3.05) is 0 Å². The highest BCUT2D eigenvalue weighted by atomic mass is 16.2. The fourth-order valence-corrected chi connectivity index (χ4v) is 4.85. The maximum Gasteiger partial charge on any atom is 0.243 e. The third-order valence-electron chi connectivity index (χ3n) is 6.92. The number of hydrogen-bond donors (Lipinski definition) is 1. The van der Waals surface area contributed by atoms with Gasteiger partial charge in [-0.1, -0.05) is 103 Å². The second kappa shape index (κ2) is 12.3. The quantitative estimate of drug-likeness (QED) is 0.419. The van der Waals surface area contributed by atoms with Gasteiger partial charge in [0.05, 0.1) is 0 Å². The third kappa shape index (κ3) is 7.29. The second-order valence-corrected chi connectivity index (χ2v) is 9.69. The average Bonchev–Trinajstić information content (AvgIpc) is 3.40. The van der Waals surface area contributed by atoms with Crippen molar-refractivity contribution in [3.05, 3.63) is 107 Å². The van der Waals surface area contributed by atoms with Gasteiger partial charge in [-0.15, -0.1) is 0 Å². The fourth-order valence-electron chi connectivity index (χ4n) is 4.85. The van der Waals surface area contributed by atoms with Crippen LogP contribution in [0.1, 0.15) is 54.4 Å². The maximum atomic E-state index is 13.7. The van der Waals surface area contributed by atoms with Crippen LogP contribution < -0.4 is 5.32 Å². The van der Waals surface area contributed by atoms with Crippen molar-refractivity contribution in [2.45, 2.75) is 70.5 Å². The first kappa shape index (κ1) is 24.7. The summed E-state index contributed by atoms with van der Waals surface area (Å²) >= 11 is 0. The Bertz CT molecular complexity index is 1070. The van der Waals surface area contributed by atoms with Crippen LogP contribution in [0.5, 0.6) is 0 Å². The van der Waals surface area contributed by atoms with Gasteiger partial charge < -0.3 is 10.2 Å². The summed E-state index contributed by atoms with van der Waals surface area (Å²) in [7, 11) is 0. The number of nitrogens with one attached hydrogen (secondary N) is 1. The molecule has 0 spiro atoms. The lowest BCUT2D eigenvalue weighted by atomic mass is 10.0. The normalized spacial score (nSPS) is 14.4. The summed E-state index contributed by atoms with van der Waals surface area (Å²) in [5.41, 5.74) is 4.43. The van der Waals surface area contributed by atoms with Gasteiger partial charge in [0.25, 0.3) is 0 Å². The van der Waals surface area contributed by atoms with Gasteiger partial charge in [-0.2, -0.15) is 0 Å². The summed E-state index contributed by atoms with van der Waals surface area (Å²) in [6.07, 6.45) is 5.87. The minimum atomic E-state index is -0.552. The number of carbonyl (C=O) groups is 2. The van der Waals surface area contributed by atoms with Crippen molar-refractivity contribution in [1.29, 1.82) is 0 Å². The number of aryl methyl sites for hydroxylation is 2. The molecule has 1 unspecified atom stereocenters. The Hall–Kier alpha value is -3.40. The topological polar surface area (TPSA) is 49.4 Å². The molecule has 182 valence electrons. The minimum Gasteiger partial charge on any atom is -0.352 e. The Kier molecular flexibility index (Phi) is 8.72. The van der Waals surface area contributed by atoms with Crippen LogP contribution in [-0.4, -0.2) is 28.8 Å². The van der Waals surface area contributed by atoms with Crippen molar-refractivity contribution in [3.8, 4) is 0 Å². The van der Waals surface area contributed by atoms with Gasteiger partial charge in [0.15, 0.2) is 0 Å². The van der Waals surface area contributed by atoms with E-state index in [1.54, 1.807) is 4.90 Å². The molecule has 35 heavy (non-hydrogen) atoms. The lowest BCUT2D eigenvalue weighted by molar-refractivity contribution is -0.141. The van der Waals surface area contributed by atoms with Crippen molar-refractivity contribution >= 4 is 11.8 Å². The average molecular weight is 469 g/mol. The van der Waals surface area contributed by atoms with Gasteiger partial charge >= 0.3 is 0 Å². The van der Waals surface area contributed by atoms with E-state index in [2.05, 4.69) is 36.5 Å². The molecule has 4 rings (SSSR count). The first-order valence-corrected chi connectivity index (χ1v) is 12.8. The van der Waals surface area contributed by atoms with E-state index in [0.717, 1.165) is 42.4 Å². The molecule has 0 aromatic heterocycles. The Morgan fingerprint density at radius 3 is 2.06 bits per heavy atom. The Morgan fingerprint density at radius 1 is 0.829 bits per heavy atom. The molecule has 0 saturated heterocycles. The van der Waals surface area contributed by atoms with Crippen LogP contribution in [0.4, 0.5) is 0 Å². The van der Waals surface area contributed by atoms with Gasteiger partial charge in [0, 0.05) is 25.4 Å². The number of hydrogen-bond acceptors (Lipinski definition) is 2. The number of nitrogens with zero attached hydrogens (tertiary/aromatic N) is 1. The van der Waals surface area contributed by atoms with Crippen LogP contribution in [0, 0.1) is 6.92 Å². The number of rotatable bonds is 10. The summed E-state index contributed by atoms with van der Waals surface area (Å²) in [5.74, 6) is -0.0303. The predicted molar refractivity (Wildman–Crippen MR) is 141 cm³/mol. The van der Waals surface area contributed by atoms with E-state index in [4.69, 9.17) is 0 Å². The van der Waals surface area contributed by atoms with Crippen LogP contribution in [-0.2, 0) is 29.0 Å². The fraction of sp³-hybridized carbons (Fsp3) is 0.355. The molecule has 1 atom stereocenters. The van der Waals surface area contributed by atoms with Crippen LogP contribution in [0.15, 0.2) is 84.9 Å². The van der Waals surface area contributed by atoms with Crippen LogP contribution in [0.2, 0.25) is 0 Å². The molecule has 4 heteroatoms. The van der Waals surface area contributed by atoms with E-state index in [9.17, 15) is 9.59 Å². The predicted octanol–water partition coefficient (Wildman–Crippen LogP) is 5.63. The van der Waals surface area contributed by atoms with E-state index in [0.29, 0.717) is 25.8 Å². The van der Waals surface area contributed by atoms with Gasteiger partial charge in [0.1, 0.15) is 6.04 Å². The molecule has 2 amide bonds. The van der Waals surface area contributed by atoms with E-state index >= 15 is 0 Å². The third-order valence-corrected chi connectivity index (χ3v) is 6.92. The minimum absolute atomic E-state index is 0.0110. The summed E-state index contributed by atoms with van der Waals surface area (Å²) < 4.78 is 0. The Labute approximate surface area is 209 Å². The molecule has 1 saturated carbocycles. The van der Waals surface area contributed by atoms with Crippen molar-refractivity contribution in [2.24, 2.45) is 0 Å². The van der Waals surface area contributed by atoms with Crippen molar-refractivity contribution in [3.63, 3.8) is 0 Å². The summed E-state index contributed by atoms with van der Waals surface area (Å²) in [4.78, 5) is 29.2. The number of benzene rings is 3.